The third-order valence-corrected chi connectivity index (χ3v) is 3.40. The van der Waals surface area contributed by atoms with Crippen molar-refractivity contribution in [1.29, 1.82) is 0 Å². The average Bonchev–Trinajstić information content (AvgIpc) is 1.99. The predicted octanol–water partition coefficient (Wildman–Crippen LogP) is 2.29. The van der Waals surface area contributed by atoms with E-state index in [4.69, 9.17) is 0 Å². The molecule has 1 rings (SSSR count). The quantitative estimate of drug-likeness (QED) is 0.603. The molecule has 0 aromatic carbocycles. The second kappa shape index (κ2) is 3.48. The fourth-order valence-corrected chi connectivity index (χ4v) is 0.908. The molecule has 0 saturated carbocycles. The lowest BCUT2D eigenvalue weighted by molar-refractivity contribution is 1.28. The Morgan fingerprint density at radius 3 is 3.00 bits per heavy atom. The largest absolute Gasteiger partial charge is 0.137 e. The molecule has 0 bridgehead atoms. The molecule has 0 aromatic rings. The van der Waals surface area contributed by atoms with Crippen LogP contribution in [0.4, 0.5) is 0 Å². The summed E-state index contributed by atoms with van der Waals surface area (Å²) in [5, 5.41) is 7.44. The van der Waals surface area contributed by atoms with Crippen molar-refractivity contribution >= 4 is 54.8 Å². The highest BCUT2D eigenvalue weighted by atomic mass is 127. The maximum absolute atomic E-state index is 3.81. The number of allylic oxidation sites excluding steroid dienone is 3. The molecule has 4 heteroatoms. The van der Waals surface area contributed by atoms with E-state index in [1.54, 1.807) is 6.08 Å². The minimum atomic E-state index is 0.912. The van der Waals surface area contributed by atoms with Crippen molar-refractivity contribution < 1.29 is 0 Å². The Bertz CT molecular complexity index is 211. The van der Waals surface area contributed by atoms with E-state index >= 15 is 0 Å². The van der Waals surface area contributed by atoms with Crippen LogP contribution in [0.2, 0.25) is 0 Å². The number of hydrogen-bond donors (Lipinski definition) is 0. The fourth-order valence-electron chi connectivity index (χ4n) is 0.333. The SMILES string of the molecule is IC1=CC=C=NN=C1I. The van der Waals surface area contributed by atoms with E-state index in [-0.39, 0.29) is 0 Å². The van der Waals surface area contributed by atoms with E-state index < -0.39 is 0 Å². The summed E-state index contributed by atoms with van der Waals surface area (Å²) in [6.07, 6.45) is 3.67. The lowest BCUT2D eigenvalue weighted by Crippen LogP contribution is -1.80. The lowest BCUT2D eigenvalue weighted by atomic mass is 10.5. The zero-order valence-electron chi connectivity index (χ0n) is 4.31. The topological polar surface area (TPSA) is 24.7 Å². The van der Waals surface area contributed by atoms with Gasteiger partial charge in [0.1, 0.15) is 3.72 Å². The highest BCUT2D eigenvalue weighted by molar-refractivity contribution is 14.1. The number of nitrogens with zero attached hydrogens (tertiary/aromatic N) is 2. The van der Waals surface area contributed by atoms with Crippen molar-refractivity contribution in [3.63, 3.8) is 0 Å². The highest BCUT2D eigenvalue weighted by Gasteiger charge is 1.96. The number of halogens is 2. The Morgan fingerprint density at radius 2 is 2.22 bits per heavy atom. The summed E-state index contributed by atoms with van der Waals surface area (Å²) in [5.41, 5.74) is 0. The van der Waals surface area contributed by atoms with Crippen LogP contribution < -0.4 is 0 Å². The van der Waals surface area contributed by atoms with Crippen LogP contribution in [0.3, 0.4) is 0 Å². The molecule has 9 heavy (non-hydrogen) atoms. The van der Waals surface area contributed by atoms with Gasteiger partial charge in [0.25, 0.3) is 0 Å². The highest BCUT2D eigenvalue weighted by Crippen LogP contribution is 2.14. The molecule has 0 spiro atoms. The summed E-state index contributed by atoms with van der Waals surface area (Å²) in [4.78, 5) is 0. The molecular formula is C5H2I2N2. The zero-order chi connectivity index (χ0) is 6.69. The molecule has 0 unspecified atom stereocenters. The zero-order valence-corrected chi connectivity index (χ0v) is 8.62. The van der Waals surface area contributed by atoms with Crippen LogP contribution in [0.25, 0.3) is 0 Å². The monoisotopic (exact) mass is 344 g/mol. The minimum Gasteiger partial charge on any atom is -0.135 e. The normalized spacial score (nSPS) is 16.7. The number of rotatable bonds is 0. The minimum absolute atomic E-state index is 0.912. The summed E-state index contributed by atoms with van der Waals surface area (Å²) in [6, 6.07) is 0. The van der Waals surface area contributed by atoms with Gasteiger partial charge in [-0.1, -0.05) is 0 Å². The smallest absolute Gasteiger partial charge is 0.135 e. The molecule has 2 nitrogen and oxygen atoms in total. The first-order valence-electron chi connectivity index (χ1n) is 2.19. The molecule has 0 saturated heterocycles. The molecule has 1 aliphatic heterocycles. The van der Waals surface area contributed by atoms with E-state index in [0.29, 0.717) is 0 Å². The van der Waals surface area contributed by atoms with Crippen LogP contribution in [0, 0.1) is 0 Å². The van der Waals surface area contributed by atoms with E-state index in [2.05, 4.69) is 61.3 Å². The van der Waals surface area contributed by atoms with Gasteiger partial charge in [0.15, 0.2) is 0 Å². The molecule has 0 amide bonds. The van der Waals surface area contributed by atoms with E-state index in [0.717, 1.165) is 7.30 Å². The molecular weight excluding hydrogens is 342 g/mol. The van der Waals surface area contributed by atoms with Gasteiger partial charge >= 0.3 is 0 Å². The predicted molar refractivity (Wildman–Crippen MR) is 55.6 cm³/mol. The van der Waals surface area contributed by atoms with E-state index in [9.17, 15) is 0 Å². The van der Waals surface area contributed by atoms with Gasteiger partial charge in [0, 0.05) is 15.5 Å². The second-order valence-electron chi connectivity index (χ2n) is 1.30. The van der Waals surface area contributed by atoms with Crippen molar-refractivity contribution in [3.05, 3.63) is 15.7 Å². The first-order chi connectivity index (χ1) is 4.30. The van der Waals surface area contributed by atoms with Gasteiger partial charge < -0.3 is 0 Å². The third kappa shape index (κ3) is 2.19. The van der Waals surface area contributed by atoms with Gasteiger partial charge in [-0.05, 0) is 51.3 Å². The van der Waals surface area contributed by atoms with Crippen LogP contribution in [0.5, 0.6) is 0 Å². The van der Waals surface area contributed by atoms with Gasteiger partial charge in [-0.2, -0.15) is 0 Å². The average molecular weight is 344 g/mol. The summed E-state index contributed by atoms with van der Waals surface area (Å²) < 4.78 is 2.01. The number of hydrogen-bond acceptors (Lipinski definition) is 2. The first kappa shape index (κ1) is 7.43. The van der Waals surface area contributed by atoms with Crippen molar-refractivity contribution in [3.8, 4) is 0 Å². The molecule has 0 aromatic heterocycles. The molecule has 0 aliphatic carbocycles. The van der Waals surface area contributed by atoms with Crippen LogP contribution in [0.1, 0.15) is 0 Å². The molecule has 0 fully saturated rings. The van der Waals surface area contributed by atoms with Gasteiger partial charge in [-0.3, -0.25) is 0 Å². The summed E-state index contributed by atoms with van der Waals surface area (Å²) >= 11 is 4.33. The van der Waals surface area contributed by atoms with Crippen LogP contribution in [-0.2, 0) is 0 Å². The van der Waals surface area contributed by atoms with Crippen molar-refractivity contribution in [2.24, 2.45) is 10.2 Å². The standard InChI is InChI=1S/C5H2I2N2/c6-4-2-1-3-8-9-5(4)7/h1-2H. The van der Waals surface area contributed by atoms with Gasteiger partial charge in [0.2, 0.25) is 0 Å². The Hall–Kier alpha value is 0.320. The first-order valence-corrected chi connectivity index (χ1v) is 4.34. The van der Waals surface area contributed by atoms with E-state index in [1.807, 2.05) is 6.08 Å². The third-order valence-electron chi connectivity index (χ3n) is 0.697. The molecule has 46 valence electrons. The molecule has 0 atom stereocenters. The molecule has 1 aliphatic rings. The maximum atomic E-state index is 3.81. The summed E-state index contributed by atoms with van der Waals surface area (Å²) in [5.74, 6) is 2.63. The van der Waals surface area contributed by atoms with Gasteiger partial charge in [-0.15, -0.1) is 10.2 Å². The Morgan fingerprint density at radius 1 is 1.44 bits per heavy atom. The second-order valence-corrected chi connectivity index (χ2v) is 3.49. The van der Waals surface area contributed by atoms with Crippen molar-refractivity contribution in [2.75, 3.05) is 0 Å². The molecule has 0 radical (unpaired) electrons. The summed E-state index contributed by atoms with van der Waals surface area (Å²) in [7, 11) is 0. The lowest BCUT2D eigenvalue weighted by Gasteiger charge is -1.86. The van der Waals surface area contributed by atoms with Crippen molar-refractivity contribution in [1.82, 2.24) is 0 Å². The maximum Gasteiger partial charge on any atom is 0.137 e. The molecule has 0 N–H and O–H groups in total. The Balaban J connectivity index is 3.01. The van der Waals surface area contributed by atoms with Gasteiger partial charge in [0.05, 0.1) is 0 Å². The van der Waals surface area contributed by atoms with Crippen LogP contribution >= 0.6 is 45.2 Å². The van der Waals surface area contributed by atoms with Crippen LogP contribution in [0.15, 0.2) is 25.9 Å². The van der Waals surface area contributed by atoms with Crippen LogP contribution in [-0.4, -0.2) is 9.59 Å². The Kier molecular flexibility index (Phi) is 2.87. The molecule has 1 heterocycles. The van der Waals surface area contributed by atoms with Gasteiger partial charge in [-0.25, -0.2) is 0 Å². The fraction of sp³-hybridized carbons (Fsp3) is 0. The van der Waals surface area contributed by atoms with Crippen molar-refractivity contribution in [2.45, 2.75) is 0 Å². The van der Waals surface area contributed by atoms with E-state index in [1.165, 1.54) is 0 Å². The Labute approximate surface area is 80.1 Å². The summed E-state index contributed by atoms with van der Waals surface area (Å²) in [6.45, 7) is 0.